The van der Waals surface area contributed by atoms with Crippen LogP contribution in [0.2, 0.25) is 0 Å². The summed E-state index contributed by atoms with van der Waals surface area (Å²) < 4.78 is 13.2. The molecule has 2 fully saturated rings. The van der Waals surface area contributed by atoms with Gasteiger partial charge in [-0.1, -0.05) is 30.3 Å². The Bertz CT molecular complexity index is 725. The summed E-state index contributed by atoms with van der Waals surface area (Å²) in [6, 6.07) is 16.3. The van der Waals surface area contributed by atoms with Crippen LogP contribution in [0, 0.1) is 17.7 Å². The molecule has 0 aliphatic carbocycles. The Balaban J connectivity index is 1.56. The molecule has 0 aromatic heterocycles. The molecule has 0 radical (unpaired) electrons. The monoisotopic (exact) mass is 356 g/mol. The number of thioether (sulfide) groups is 1. The smallest absolute Gasteiger partial charge is 0.240 e. The Kier molecular flexibility index (Phi) is 4.77. The van der Waals surface area contributed by atoms with Crippen LogP contribution >= 0.6 is 11.8 Å². The quantitative estimate of drug-likeness (QED) is 0.853. The number of likely N-dealkylation sites (tertiary alicyclic amines) is 1. The van der Waals surface area contributed by atoms with Crippen molar-refractivity contribution < 1.29 is 9.18 Å². The van der Waals surface area contributed by atoms with Crippen molar-refractivity contribution in [1.29, 1.82) is 0 Å². The second kappa shape index (κ2) is 7.18. The van der Waals surface area contributed by atoms with E-state index in [4.69, 9.17) is 0 Å². The van der Waals surface area contributed by atoms with Gasteiger partial charge in [0.05, 0.1) is 0 Å². The number of nitrogens with zero attached hydrogens (tertiary/aromatic N) is 1. The van der Waals surface area contributed by atoms with Crippen LogP contribution in [0.25, 0.3) is 0 Å². The zero-order valence-electron chi connectivity index (χ0n) is 13.9. The molecule has 3 atom stereocenters. The van der Waals surface area contributed by atoms with Crippen molar-refractivity contribution in [3.8, 4) is 0 Å². The topological polar surface area (TPSA) is 32.3 Å². The predicted molar refractivity (Wildman–Crippen MR) is 97.9 cm³/mol. The molecule has 3 nitrogen and oxygen atoms in total. The first kappa shape index (κ1) is 16.6. The van der Waals surface area contributed by atoms with E-state index in [0.29, 0.717) is 11.8 Å². The van der Waals surface area contributed by atoms with Gasteiger partial charge >= 0.3 is 0 Å². The Hall–Kier alpha value is -1.85. The van der Waals surface area contributed by atoms with E-state index in [1.807, 2.05) is 35.2 Å². The van der Waals surface area contributed by atoms with Crippen molar-refractivity contribution in [3.05, 3.63) is 66.0 Å². The second-order valence-corrected chi connectivity index (χ2v) is 7.96. The van der Waals surface area contributed by atoms with E-state index in [0.717, 1.165) is 36.6 Å². The van der Waals surface area contributed by atoms with Gasteiger partial charge in [0.15, 0.2) is 0 Å². The van der Waals surface area contributed by atoms with Gasteiger partial charge in [-0.25, -0.2) is 4.39 Å². The number of hydrogen-bond acceptors (Lipinski definition) is 3. The van der Waals surface area contributed by atoms with E-state index in [-0.39, 0.29) is 17.0 Å². The first-order chi connectivity index (χ1) is 12.2. The van der Waals surface area contributed by atoms with Crippen LogP contribution in [0.5, 0.6) is 0 Å². The standard InChI is InChI=1S/C20H21FN2OS/c21-17-6-8-18(9-7-17)25-19(14-4-2-1-3-5-14)20(24)23-12-15-10-22-11-16(15)13-23/h1-9,15-16,19,22H,10-13H2/t15-,16+,19?. The Labute approximate surface area is 151 Å². The van der Waals surface area contributed by atoms with Gasteiger partial charge < -0.3 is 10.2 Å². The second-order valence-electron chi connectivity index (χ2n) is 6.78. The lowest BCUT2D eigenvalue weighted by Gasteiger charge is -2.24. The van der Waals surface area contributed by atoms with Gasteiger partial charge in [-0.2, -0.15) is 0 Å². The molecule has 1 unspecified atom stereocenters. The number of amides is 1. The molecule has 5 heteroatoms. The number of carbonyl (C=O) groups is 1. The van der Waals surface area contributed by atoms with E-state index in [1.54, 1.807) is 12.1 Å². The zero-order chi connectivity index (χ0) is 17.2. The van der Waals surface area contributed by atoms with Crippen molar-refractivity contribution in [2.24, 2.45) is 11.8 Å². The van der Waals surface area contributed by atoms with Crippen LogP contribution in [0.1, 0.15) is 10.8 Å². The highest BCUT2D eigenvalue weighted by Crippen LogP contribution is 2.38. The fraction of sp³-hybridized carbons (Fsp3) is 0.350. The minimum atomic E-state index is -0.293. The van der Waals surface area contributed by atoms with E-state index >= 15 is 0 Å². The summed E-state index contributed by atoms with van der Waals surface area (Å²) in [5.74, 6) is 1.06. The van der Waals surface area contributed by atoms with Gasteiger partial charge in [-0.3, -0.25) is 4.79 Å². The number of rotatable bonds is 4. The maximum absolute atomic E-state index is 13.3. The largest absolute Gasteiger partial charge is 0.341 e. The van der Waals surface area contributed by atoms with E-state index in [9.17, 15) is 9.18 Å². The van der Waals surface area contributed by atoms with Crippen LogP contribution in [-0.2, 0) is 4.79 Å². The summed E-state index contributed by atoms with van der Waals surface area (Å²) in [7, 11) is 0. The highest BCUT2D eigenvalue weighted by atomic mass is 32.2. The molecule has 2 aliphatic heterocycles. The average molecular weight is 356 g/mol. The molecular formula is C20H21FN2OS. The van der Waals surface area contributed by atoms with Crippen molar-refractivity contribution >= 4 is 17.7 Å². The molecule has 0 saturated carbocycles. The molecule has 4 rings (SSSR count). The van der Waals surface area contributed by atoms with Gasteiger partial charge in [0.1, 0.15) is 11.1 Å². The number of halogens is 1. The predicted octanol–water partition coefficient (Wildman–Crippen LogP) is 3.34. The molecule has 0 spiro atoms. The molecule has 2 saturated heterocycles. The van der Waals surface area contributed by atoms with Crippen LogP contribution < -0.4 is 5.32 Å². The Morgan fingerprint density at radius 2 is 1.68 bits per heavy atom. The summed E-state index contributed by atoms with van der Waals surface area (Å²) in [6.45, 7) is 3.69. The number of benzene rings is 2. The molecular weight excluding hydrogens is 335 g/mol. The maximum Gasteiger partial charge on any atom is 0.240 e. The van der Waals surface area contributed by atoms with Gasteiger partial charge in [0, 0.05) is 31.1 Å². The van der Waals surface area contributed by atoms with Gasteiger partial charge in [-0.05, 0) is 41.7 Å². The molecule has 2 aromatic rings. The van der Waals surface area contributed by atoms with Gasteiger partial charge in [0.2, 0.25) is 5.91 Å². The third-order valence-corrected chi connectivity index (χ3v) is 6.35. The van der Waals surface area contributed by atoms with Crippen LogP contribution in [0.3, 0.4) is 0 Å². The summed E-state index contributed by atoms with van der Waals surface area (Å²) in [5.41, 5.74) is 0.997. The summed E-state index contributed by atoms with van der Waals surface area (Å²) in [4.78, 5) is 16.2. The maximum atomic E-state index is 13.3. The van der Waals surface area contributed by atoms with Crippen LogP contribution in [0.15, 0.2) is 59.5 Å². The Morgan fingerprint density at radius 1 is 1.04 bits per heavy atom. The highest BCUT2D eigenvalue weighted by molar-refractivity contribution is 8.00. The lowest BCUT2D eigenvalue weighted by Crippen LogP contribution is -2.34. The summed E-state index contributed by atoms with van der Waals surface area (Å²) >= 11 is 1.50. The Morgan fingerprint density at radius 3 is 2.32 bits per heavy atom. The number of fused-ring (bicyclic) bond motifs is 1. The number of hydrogen-bond donors (Lipinski definition) is 1. The van der Waals surface area contributed by atoms with Gasteiger partial charge in [-0.15, -0.1) is 11.8 Å². The molecule has 0 bridgehead atoms. The molecule has 1 amide bonds. The highest BCUT2D eigenvalue weighted by Gasteiger charge is 2.40. The molecule has 2 aromatic carbocycles. The third-order valence-electron chi connectivity index (χ3n) is 5.10. The van der Waals surface area contributed by atoms with Crippen LogP contribution in [-0.4, -0.2) is 37.0 Å². The first-order valence-corrected chi connectivity index (χ1v) is 9.55. The molecule has 2 aliphatic rings. The summed E-state index contributed by atoms with van der Waals surface area (Å²) in [6.07, 6.45) is 0. The van der Waals surface area contributed by atoms with Crippen molar-refractivity contribution in [2.45, 2.75) is 10.1 Å². The van der Waals surface area contributed by atoms with E-state index in [1.165, 1.54) is 23.9 Å². The lowest BCUT2D eigenvalue weighted by atomic mass is 10.0. The molecule has 2 heterocycles. The molecule has 130 valence electrons. The fourth-order valence-corrected chi connectivity index (χ4v) is 4.85. The zero-order valence-corrected chi connectivity index (χ0v) is 14.7. The first-order valence-electron chi connectivity index (χ1n) is 8.67. The molecule has 25 heavy (non-hydrogen) atoms. The average Bonchev–Trinajstić information content (AvgIpc) is 3.23. The normalized spacial score (nSPS) is 23.5. The van der Waals surface area contributed by atoms with E-state index in [2.05, 4.69) is 5.32 Å². The molecule has 1 N–H and O–H groups in total. The van der Waals surface area contributed by atoms with E-state index < -0.39 is 0 Å². The fourth-order valence-electron chi connectivity index (χ4n) is 3.74. The van der Waals surface area contributed by atoms with Crippen molar-refractivity contribution in [2.75, 3.05) is 26.2 Å². The SMILES string of the molecule is O=C(C(Sc1ccc(F)cc1)c1ccccc1)N1C[C@H]2CNC[C@H]2C1. The van der Waals surface area contributed by atoms with Crippen molar-refractivity contribution in [3.63, 3.8) is 0 Å². The number of carbonyl (C=O) groups excluding carboxylic acids is 1. The third kappa shape index (κ3) is 3.58. The minimum absolute atomic E-state index is 0.162. The minimum Gasteiger partial charge on any atom is -0.341 e. The van der Waals surface area contributed by atoms with Gasteiger partial charge in [0.25, 0.3) is 0 Å². The lowest BCUT2D eigenvalue weighted by molar-refractivity contribution is -0.130. The van der Waals surface area contributed by atoms with Crippen molar-refractivity contribution in [1.82, 2.24) is 10.2 Å². The summed E-state index contributed by atoms with van der Waals surface area (Å²) in [5, 5.41) is 3.12. The van der Waals surface area contributed by atoms with Crippen LogP contribution in [0.4, 0.5) is 4.39 Å². The number of nitrogens with one attached hydrogen (secondary N) is 1.